The Kier molecular flexibility index (Phi) is 7.34. The molecule has 0 saturated heterocycles. The molecule has 3 N–H and O–H groups in total. The maximum atomic E-state index is 11.5. The Morgan fingerprint density at radius 1 is 1.38 bits per heavy atom. The molecule has 0 aromatic carbocycles. The summed E-state index contributed by atoms with van der Waals surface area (Å²) in [7, 11) is 2.04. The van der Waals surface area contributed by atoms with Gasteiger partial charge in [-0.25, -0.2) is 0 Å². The van der Waals surface area contributed by atoms with Crippen molar-refractivity contribution in [1.29, 1.82) is 0 Å². The topological polar surface area (TPSA) is 58.4 Å². The van der Waals surface area contributed by atoms with Crippen LogP contribution in [-0.4, -0.2) is 43.0 Å². The lowest BCUT2D eigenvalue weighted by molar-refractivity contribution is -0.122. The number of carbonyl (C=O) groups is 1. The minimum absolute atomic E-state index is 0.0840. The van der Waals surface area contributed by atoms with Crippen LogP contribution < -0.4 is 11.1 Å². The third-order valence-corrected chi connectivity index (χ3v) is 3.25. The largest absolute Gasteiger partial charge is 0.356 e. The van der Waals surface area contributed by atoms with E-state index in [1.54, 1.807) is 0 Å². The van der Waals surface area contributed by atoms with Gasteiger partial charge < -0.3 is 11.1 Å². The summed E-state index contributed by atoms with van der Waals surface area (Å²) in [6.45, 7) is 9.66. The first-order valence-electron chi connectivity index (χ1n) is 6.12. The maximum absolute atomic E-state index is 11.5. The Balaban J connectivity index is 4.31. The highest BCUT2D eigenvalue weighted by molar-refractivity contribution is 5.76. The molecule has 4 nitrogen and oxygen atoms in total. The van der Waals surface area contributed by atoms with E-state index in [-0.39, 0.29) is 11.9 Å². The zero-order valence-electron chi connectivity index (χ0n) is 11.3. The monoisotopic (exact) mass is 229 g/mol. The summed E-state index contributed by atoms with van der Waals surface area (Å²) in [6, 6.07) is 0.562. The number of nitrogens with zero attached hydrogens (tertiary/aromatic N) is 1. The lowest BCUT2D eigenvalue weighted by atomic mass is 10.0. The molecule has 2 atom stereocenters. The Labute approximate surface area is 99.6 Å². The Morgan fingerprint density at radius 3 is 2.31 bits per heavy atom. The van der Waals surface area contributed by atoms with E-state index in [2.05, 4.69) is 31.0 Å². The van der Waals surface area contributed by atoms with Crippen molar-refractivity contribution in [2.75, 3.05) is 20.1 Å². The molecule has 2 unspecified atom stereocenters. The predicted molar refractivity (Wildman–Crippen MR) is 68.2 cm³/mol. The van der Waals surface area contributed by atoms with E-state index in [9.17, 15) is 4.79 Å². The van der Waals surface area contributed by atoms with Gasteiger partial charge in [0.05, 0.1) is 0 Å². The average Bonchev–Trinajstić information content (AvgIpc) is 2.24. The molecule has 4 heteroatoms. The summed E-state index contributed by atoms with van der Waals surface area (Å²) in [5, 5.41) is 2.81. The quantitative estimate of drug-likeness (QED) is 0.679. The number of hydrogen-bond acceptors (Lipinski definition) is 3. The van der Waals surface area contributed by atoms with Crippen LogP contribution in [0.3, 0.4) is 0 Å². The summed E-state index contributed by atoms with van der Waals surface area (Å²) in [5.74, 6) is 0.647. The molecular weight excluding hydrogens is 202 g/mol. The number of nitrogens with two attached hydrogens (primary N) is 1. The molecule has 0 fully saturated rings. The van der Waals surface area contributed by atoms with Crippen LogP contribution in [0.2, 0.25) is 0 Å². The van der Waals surface area contributed by atoms with Gasteiger partial charge in [-0.2, -0.15) is 0 Å². The van der Waals surface area contributed by atoms with E-state index >= 15 is 0 Å². The summed E-state index contributed by atoms with van der Waals surface area (Å²) in [5.41, 5.74) is 5.73. The molecule has 0 heterocycles. The highest BCUT2D eigenvalue weighted by atomic mass is 16.1. The van der Waals surface area contributed by atoms with Crippen LogP contribution in [0.25, 0.3) is 0 Å². The van der Waals surface area contributed by atoms with Crippen LogP contribution in [0.1, 0.15) is 34.1 Å². The predicted octanol–water partition coefficient (Wildman–Crippen LogP) is 0.816. The molecule has 16 heavy (non-hydrogen) atoms. The van der Waals surface area contributed by atoms with Gasteiger partial charge in [0.1, 0.15) is 0 Å². The van der Waals surface area contributed by atoms with E-state index in [1.165, 1.54) is 0 Å². The molecular formula is C12H27N3O. The minimum Gasteiger partial charge on any atom is -0.356 e. The lowest BCUT2D eigenvalue weighted by Crippen LogP contribution is -2.47. The van der Waals surface area contributed by atoms with Gasteiger partial charge in [-0.15, -0.1) is 0 Å². The molecule has 96 valence electrons. The lowest BCUT2D eigenvalue weighted by Gasteiger charge is -2.34. The Hall–Kier alpha value is -0.610. The van der Waals surface area contributed by atoms with Crippen molar-refractivity contribution in [3.63, 3.8) is 0 Å². The highest BCUT2D eigenvalue weighted by Crippen LogP contribution is 2.12. The number of likely N-dealkylation sites (N-methyl/N-ethyl adjacent to an activating group) is 1. The number of hydrogen-bond donors (Lipinski definition) is 2. The summed E-state index contributed by atoms with van der Waals surface area (Å²) in [6.07, 6.45) is 0.484. The third-order valence-electron chi connectivity index (χ3n) is 3.25. The van der Waals surface area contributed by atoms with Gasteiger partial charge >= 0.3 is 0 Å². The minimum atomic E-state index is 0.0840. The van der Waals surface area contributed by atoms with Crippen molar-refractivity contribution in [2.45, 2.75) is 46.2 Å². The van der Waals surface area contributed by atoms with Gasteiger partial charge in [0.15, 0.2) is 0 Å². The molecule has 0 bridgehead atoms. The van der Waals surface area contributed by atoms with Crippen LogP contribution in [0.15, 0.2) is 0 Å². The number of rotatable bonds is 7. The van der Waals surface area contributed by atoms with Gasteiger partial charge in [-0.05, 0) is 26.8 Å². The standard InChI is InChI=1S/C12H27N3O/c1-6-14-12(16)7-11(8-13)15(5)10(4)9(2)3/h9-11H,6-8,13H2,1-5H3,(H,14,16). The molecule has 0 rings (SSSR count). The van der Waals surface area contributed by atoms with Gasteiger partial charge in [0.25, 0.3) is 0 Å². The zero-order chi connectivity index (χ0) is 12.7. The smallest absolute Gasteiger partial charge is 0.221 e. The fourth-order valence-corrected chi connectivity index (χ4v) is 1.68. The maximum Gasteiger partial charge on any atom is 0.221 e. The number of nitrogens with one attached hydrogen (secondary N) is 1. The van der Waals surface area contributed by atoms with E-state index in [0.29, 0.717) is 31.5 Å². The van der Waals surface area contributed by atoms with E-state index in [4.69, 9.17) is 5.73 Å². The Bertz CT molecular complexity index is 206. The first kappa shape index (κ1) is 15.4. The summed E-state index contributed by atoms with van der Waals surface area (Å²) >= 11 is 0. The second kappa shape index (κ2) is 7.63. The van der Waals surface area contributed by atoms with Gasteiger partial charge in [0, 0.05) is 31.6 Å². The molecule has 0 radical (unpaired) electrons. The highest BCUT2D eigenvalue weighted by Gasteiger charge is 2.22. The molecule has 0 aliphatic heterocycles. The molecule has 0 aliphatic rings. The summed E-state index contributed by atoms with van der Waals surface area (Å²) in [4.78, 5) is 13.7. The van der Waals surface area contributed by atoms with Gasteiger partial charge in [-0.3, -0.25) is 9.69 Å². The number of amides is 1. The second-order valence-corrected chi connectivity index (χ2v) is 4.70. The van der Waals surface area contributed by atoms with Gasteiger partial charge in [-0.1, -0.05) is 13.8 Å². The van der Waals surface area contributed by atoms with Crippen LogP contribution in [0.5, 0.6) is 0 Å². The summed E-state index contributed by atoms with van der Waals surface area (Å²) < 4.78 is 0. The van der Waals surface area contributed by atoms with Crippen molar-refractivity contribution in [3.8, 4) is 0 Å². The first-order valence-corrected chi connectivity index (χ1v) is 6.12. The van der Waals surface area contributed by atoms with Crippen LogP contribution in [-0.2, 0) is 4.79 Å². The van der Waals surface area contributed by atoms with Crippen molar-refractivity contribution in [1.82, 2.24) is 10.2 Å². The van der Waals surface area contributed by atoms with Crippen molar-refractivity contribution >= 4 is 5.91 Å². The Morgan fingerprint density at radius 2 is 1.94 bits per heavy atom. The molecule has 0 aromatic rings. The fraction of sp³-hybridized carbons (Fsp3) is 0.917. The van der Waals surface area contributed by atoms with Crippen molar-refractivity contribution in [2.24, 2.45) is 11.7 Å². The number of carbonyl (C=O) groups excluding carboxylic acids is 1. The molecule has 0 saturated carbocycles. The fourth-order valence-electron chi connectivity index (χ4n) is 1.68. The zero-order valence-corrected chi connectivity index (χ0v) is 11.3. The second-order valence-electron chi connectivity index (χ2n) is 4.70. The normalized spacial score (nSPS) is 15.2. The molecule has 0 aromatic heterocycles. The van der Waals surface area contributed by atoms with Crippen molar-refractivity contribution in [3.05, 3.63) is 0 Å². The first-order chi connectivity index (χ1) is 7.43. The van der Waals surface area contributed by atoms with Gasteiger partial charge in [0.2, 0.25) is 5.91 Å². The SMILES string of the molecule is CCNC(=O)CC(CN)N(C)C(C)C(C)C. The molecule has 0 spiro atoms. The van der Waals surface area contributed by atoms with Crippen LogP contribution >= 0.6 is 0 Å². The van der Waals surface area contributed by atoms with E-state index < -0.39 is 0 Å². The molecule has 1 amide bonds. The van der Waals surface area contributed by atoms with E-state index in [1.807, 2.05) is 14.0 Å². The average molecular weight is 229 g/mol. The van der Waals surface area contributed by atoms with Crippen LogP contribution in [0, 0.1) is 5.92 Å². The van der Waals surface area contributed by atoms with E-state index in [0.717, 1.165) is 0 Å². The molecule has 0 aliphatic carbocycles. The van der Waals surface area contributed by atoms with Crippen molar-refractivity contribution < 1.29 is 4.79 Å². The van der Waals surface area contributed by atoms with Crippen LogP contribution in [0.4, 0.5) is 0 Å². The third kappa shape index (κ3) is 4.94.